The van der Waals surface area contributed by atoms with Crippen molar-refractivity contribution >= 4 is 5.97 Å². The minimum absolute atomic E-state index is 0.0289. The summed E-state index contributed by atoms with van der Waals surface area (Å²) in [6.07, 6.45) is 1.54. The third-order valence-electron chi connectivity index (χ3n) is 2.76. The van der Waals surface area contributed by atoms with E-state index >= 15 is 0 Å². The number of carboxylic acids is 1. The van der Waals surface area contributed by atoms with E-state index in [0.717, 1.165) is 18.7 Å². The maximum atomic E-state index is 11.0. The largest absolute Gasteiger partial charge is 0.481 e. The van der Waals surface area contributed by atoms with Crippen LogP contribution >= 0.6 is 0 Å². The molecule has 0 aromatic carbocycles. The molecule has 0 saturated heterocycles. The Morgan fingerprint density at radius 1 is 1.37 bits per heavy atom. The number of carbonyl (C=O) groups is 1. The fourth-order valence-corrected chi connectivity index (χ4v) is 2.15. The van der Waals surface area contributed by atoms with Gasteiger partial charge in [0.15, 0.2) is 5.82 Å². The van der Waals surface area contributed by atoms with E-state index in [9.17, 15) is 4.79 Å². The van der Waals surface area contributed by atoms with Crippen LogP contribution in [0.2, 0.25) is 0 Å². The van der Waals surface area contributed by atoms with Gasteiger partial charge in [-0.25, -0.2) is 4.68 Å². The van der Waals surface area contributed by atoms with E-state index in [4.69, 9.17) is 5.11 Å². The maximum absolute atomic E-state index is 11.0. The maximum Gasteiger partial charge on any atom is 0.305 e. The van der Waals surface area contributed by atoms with Crippen LogP contribution in [-0.2, 0) is 11.2 Å². The lowest BCUT2D eigenvalue weighted by molar-refractivity contribution is -0.138. The van der Waals surface area contributed by atoms with Crippen LogP contribution in [0.1, 0.15) is 59.3 Å². The number of nitrogens with zero attached hydrogens (tertiary/aromatic N) is 4. The quantitative estimate of drug-likeness (QED) is 0.856. The summed E-state index contributed by atoms with van der Waals surface area (Å²) < 4.78 is 1.69. The molecule has 0 aliphatic heterocycles. The van der Waals surface area contributed by atoms with Crippen molar-refractivity contribution in [3.63, 3.8) is 0 Å². The summed E-state index contributed by atoms with van der Waals surface area (Å²) in [6, 6.07) is -0.193. The highest BCUT2D eigenvalue weighted by molar-refractivity contribution is 5.67. The lowest BCUT2D eigenvalue weighted by Gasteiger charge is -2.25. The summed E-state index contributed by atoms with van der Waals surface area (Å²) in [5.41, 5.74) is 0.0289. The van der Waals surface area contributed by atoms with E-state index in [1.54, 1.807) is 4.68 Å². The van der Waals surface area contributed by atoms with Crippen molar-refractivity contribution in [1.82, 2.24) is 20.2 Å². The Bertz CT molecular complexity index is 421. The van der Waals surface area contributed by atoms with Crippen LogP contribution in [0.5, 0.6) is 0 Å². The molecule has 0 saturated carbocycles. The third-order valence-corrected chi connectivity index (χ3v) is 2.76. The first-order valence-electron chi connectivity index (χ1n) is 6.67. The zero-order valence-corrected chi connectivity index (χ0v) is 12.4. The van der Waals surface area contributed by atoms with E-state index in [0.29, 0.717) is 5.92 Å². The normalized spacial score (nSPS) is 13.8. The predicted octanol–water partition coefficient (Wildman–Crippen LogP) is 2.32. The van der Waals surface area contributed by atoms with Gasteiger partial charge in [0.1, 0.15) is 0 Å². The smallest absolute Gasteiger partial charge is 0.305 e. The van der Waals surface area contributed by atoms with E-state index in [1.165, 1.54) is 0 Å². The Kier molecular flexibility index (Phi) is 5.03. The summed E-state index contributed by atoms with van der Waals surface area (Å²) in [7, 11) is 0. The van der Waals surface area contributed by atoms with Gasteiger partial charge in [-0.05, 0) is 28.2 Å². The average Bonchev–Trinajstić information content (AvgIpc) is 2.60. The molecule has 1 N–H and O–H groups in total. The second-order valence-electron chi connectivity index (χ2n) is 6.65. The molecule has 1 heterocycles. The number of aromatic nitrogens is 4. The van der Waals surface area contributed by atoms with E-state index in [2.05, 4.69) is 50.1 Å². The molecule has 108 valence electrons. The summed E-state index contributed by atoms with van der Waals surface area (Å²) in [5, 5.41) is 20.8. The second kappa shape index (κ2) is 6.12. The second-order valence-corrected chi connectivity index (χ2v) is 6.65. The molecule has 0 aliphatic carbocycles. The molecule has 6 heteroatoms. The topological polar surface area (TPSA) is 80.9 Å². The lowest BCUT2D eigenvalue weighted by Crippen LogP contribution is -2.23. The lowest BCUT2D eigenvalue weighted by atomic mass is 9.87. The molecular weight excluding hydrogens is 244 g/mol. The van der Waals surface area contributed by atoms with Gasteiger partial charge in [-0.3, -0.25) is 4.79 Å². The minimum Gasteiger partial charge on any atom is -0.481 e. The molecule has 1 rings (SSSR count). The molecule has 1 aromatic rings. The SMILES string of the molecule is CC(C)Cc1nnnn1C(CC(=O)O)CC(C)(C)C. The van der Waals surface area contributed by atoms with Crippen molar-refractivity contribution in [3.05, 3.63) is 5.82 Å². The van der Waals surface area contributed by atoms with Gasteiger partial charge in [0.05, 0.1) is 12.5 Å². The molecule has 0 bridgehead atoms. The zero-order valence-electron chi connectivity index (χ0n) is 12.4. The van der Waals surface area contributed by atoms with Crippen molar-refractivity contribution in [2.75, 3.05) is 0 Å². The zero-order chi connectivity index (χ0) is 14.6. The Labute approximate surface area is 114 Å². The van der Waals surface area contributed by atoms with Crippen molar-refractivity contribution in [1.29, 1.82) is 0 Å². The van der Waals surface area contributed by atoms with Crippen LogP contribution in [0.3, 0.4) is 0 Å². The monoisotopic (exact) mass is 268 g/mol. The number of tetrazole rings is 1. The van der Waals surface area contributed by atoms with Crippen molar-refractivity contribution in [2.45, 2.75) is 59.9 Å². The summed E-state index contributed by atoms with van der Waals surface area (Å²) in [6.45, 7) is 10.5. The molecule has 1 aromatic heterocycles. The average molecular weight is 268 g/mol. The number of aliphatic carboxylic acids is 1. The van der Waals surface area contributed by atoms with E-state index in [-0.39, 0.29) is 17.9 Å². The Hall–Kier alpha value is -1.46. The first kappa shape index (κ1) is 15.6. The summed E-state index contributed by atoms with van der Waals surface area (Å²) in [4.78, 5) is 11.0. The van der Waals surface area contributed by atoms with Gasteiger partial charge in [-0.1, -0.05) is 34.6 Å². The van der Waals surface area contributed by atoms with Crippen LogP contribution in [0, 0.1) is 11.3 Å². The van der Waals surface area contributed by atoms with Gasteiger partial charge in [-0.15, -0.1) is 5.10 Å². The fraction of sp³-hybridized carbons (Fsp3) is 0.846. The molecule has 19 heavy (non-hydrogen) atoms. The van der Waals surface area contributed by atoms with Crippen LogP contribution in [0.4, 0.5) is 0 Å². The highest BCUT2D eigenvalue weighted by atomic mass is 16.4. The molecular formula is C13H24N4O2. The minimum atomic E-state index is -0.819. The number of hydrogen-bond donors (Lipinski definition) is 1. The highest BCUT2D eigenvalue weighted by Gasteiger charge is 2.26. The van der Waals surface area contributed by atoms with Crippen LogP contribution in [-0.4, -0.2) is 31.3 Å². The van der Waals surface area contributed by atoms with Crippen molar-refractivity contribution in [3.8, 4) is 0 Å². The van der Waals surface area contributed by atoms with Gasteiger partial charge in [0.2, 0.25) is 0 Å². The molecule has 0 fully saturated rings. The summed E-state index contributed by atoms with van der Waals surface area (Å²) >= 11 is 0. The van der Waals surface area contributed by atoms with Gasteiger partial charge >= 0.3 is 5.97 Å². The predicted molar refractivity (Wildman–Crippen MR) is 71.7 cm³/mol. The molecule has 1 unspecified atom stereocenters. The Morgan fingerprint density at radius 3 is 2.47 bits per heavy atom. The fourth-order valence-electron chi connectivity index (χ4n) is 2.15. The van der Waals surface area contributed by atoms with Crippen molar-refractivity contribution < 1.29 is 9.90 Å². The molecule has 0 radical (unpaired) electrons. The molecule has 1 atom stereocenters. The van der Waals surface area contributed by atoms with Crippen LogP contribution in [0.15, 0.2) is 0 Å². The van der Waals surface area contributed by atoms with Crippen molar-refractivity contribution in [2.24, 2.45) is 11.3 Å². The van der Waals surface area contributed by atoms with E-state index in [1.807, 2.05) is 0 Å². The van der Waals surface area contributed by atoms with Gasteiger partial charge in [0.25, 0.3) is 0 Å². The molecule has 0 spiro atoms. The van der Waals surface area contributed by atoms with E-state index < -0.39 is 5.97 Å². The standard InChI is InChI=1S/C13H24N4O2/c1-9(2)6-11-14-15-16-17(11)10(7-12(18)19)8-13(3,4)5/h9-10H,6-8H2,1-5H3,(H,18,19). The first-order chi connectivity index (χ1) is 8.69. The molecule has 0 aliphatic rings. The van der Waals surface area contributed by atoms with Gasteiger partial charge < -0.3 is 5.11 Å². The third kappa shape index (κ3) is 5.36. The van der Waals surface area contributed by atoms with Gasteiger partial charge in [-0.2, -0.15) is 0 Å². The summed E-state index contributed by atoms with van der Waals surface area (Å²) in [5.74, 6) is 0.385. The number of carboxylic acid groups (broad SMARTS) is 1. The van der Waals surface area contributed by atoms with Gasteiger partial charge in [0, 0.05) is 6.42 Å². The Balaban J connectivity index is 2.96. The van der Waals surface area contributed by atoms with Crippen LogP contribution in [0.25, 0.3) is 0 Å². The number of hydrogen-bond acceptors (Lipinski definition) is 4. The molecule has 0 amide bonds. The van der Waals surface area contributed by atoms with Crippen LogP contribution < -0.4 is 0 Å². The molecule has 6 nitrogen and oxygen atoms in total. The highest BCUT2D eigenvalue weighted by Crippen LogP contribution is 2.30. The Morgan fingerprint density at radius 2 is 2.00 bits per heavy atom. The first-order valence-corrected chi connectivity index (χ1v) is 6.67. The number of rotatable bonds is 6.